The monoisotopic (exact) mass is 473 g/mol. The Morgan fingerprint density at radius 2 is 2.20 bits per heavy atom. The summed E-state index contributed by atoms with van der Waals surface area (Å²) in [6.07, 6.45) is 4.43. The van der Waals surface area contributed by atoms with Gasteiger partial charge in [-0.1, -0.05) is 11.6 Å². The number of nitrogens with zero attached hydrogens (tertiary/aromatic N) is 4. The Hall–Kier alpha value is -1.81. The topological polar surface area (TPSA) is 82.9 Å². The quantitative estimate of drug-likeness (QED) is 0.302. The summed E-state index contributed by atoms with van der Waals surface area (Å²) >= 11 is 6.09. The number of hydrogen-bond acceptors (Lipinski definition) is 3. The lowest BCUT2D eigenvalue weighted by Crippen LogP contribution is -2.38. The second-order valence-electron chi connectivity index (χ2n) is 5.41. The van der Waals surface area contributed by atoms with Gasteiger partial charge in [-0.25, -0.2) is 4.98 Å². The van der Waals surface area contributed by atoms with Crippen molar-refractivity contribution in [1.29, 1.82) is 0 Å². The zero-order chi connectivity index (χ0) is 16.9. The normalized spacial score (nSPS) is 11.4. The van der Waals surface area contributed by atoms with Gasteiger partial charge in [0.1, 0.15) is 12.2 Å². The maximum absolute atomic E-state index is 6.09. The van der Waals surface area contributed by atoms with E-state index in [9.17, 15) is 0 Å². The van der Waals surface area contributed by atoms with E-state index < -0.39 is 0 Å². The van der Waals surface area contributed by atoms with Gasteiger partial charge in [0.25, 0.3) is 0 Å². The van der Waals surface area contributed by atoms with Crippen LogP contribution in [-0.4, -0.2) is 39.3 Å². The molecule has 0 spiro atoms. The molecule has 0 aliphatic rings. The van der Waals surface area contributed by atoms with Crippen LogP contribution < -0.4 is 10.6 Å². The Labute approximate surface area is 168 Å². The fourth-order valence-electron chi connectivity index (χ4n) is 2.54. The van der Waals surface area contributed by atoms with Crippen molar-refractivity contribution in [3.63, 3.8) is 0 Å². The van der Waals surface area contributed by atoms with Crippen LogP contribution >= 0.6 is 35.6 Å². The minimum atomic E-state index is 0. The number of aromatic amines is 1. The second kappa shape index (κ2) is 9.04. The molecule has 134 valence electrons. The molecule has 3 rings (SSSR count). The van der Waals surface area contributed by atoms with Crippen LogP contribution in [0.25, 0.3) is 10.9 Å². The summed E-state index contributed by atoms with van der Waals surface area (Å²) in [4.78, 5) is 11.7. The molecular weight excluding hydrogens is 453 g/mol. The third kappa shape index (κ3) is 4.85. The SMILES string of the molecule is CN=C(NCCc1c[nH]c2ccc(Cl)cc12)NCc1ncnn1C.I. The van der Waals surface area contributed by atoms with Gasteiger partial charge in [0.05, 0.1) is 6.54 Å². The number of aryl methyl sites for hydroxylation is 1. The zero-order valence-corrected chi connectivity index (χ0v) is 17.2. The number of aromatic nitrogens is 4. The Morgan fingerprint density at radius 3 is 2.92 bits per heavy atom. The first-order chi connectivity index (χ1) is 11.7. The molecule has 25 heavy (non-hydrogen) atoms. The number of hydrogen-bond donors (Lipinski definition) is 3. The lowest BCUT2D eigenvalue weighted by atomic mass is 10.1. The largest absolute Gasteiger partial charge is 0.361 e. The highest BCUT2D eigenvalue weighted by atomic mass is 127. The molecular formula is C16H21ClIN7. The van der Waals surface area contributed by atoms with Gasteiger partial charge in [-0.2, -0.15) is 5.10 Å². The molecule has 7 nitrogen and oxygen atoms in total. The van der Waals surface area contributed by atoms with E-state index in [1.165, 1.54) is 11.9 Å². The van der Waals surface area contributed by atoms with Gasteiger partial charge in [0.15, 0.2) is 5.96 Å². The average molecular weight is 474 g/mol. The summed E-state index contributed by atoms with van der Waals surface area (Å²) in [5, 5.41) is 12.5. The zero-order valence-electron chi connectivity index (χ0n) is 14.1. The molecule has 3 N–H and O–H groups in total. The maximum Gasteiger partial charge on any atom is 0.191 e. The second-order valence-corrected chi connectivity index (χ2v) is 5.84. The highest BCUT2D eigenvalue weighted by Gasteiger charge is 2.06. The van der Waals surface area contributed by atoms with Gasteiger partial charge < -0.3 is 15.6 Å². The van der Waals surface area contributed by atoms with Crippen molar-refractivity contribution >= 4 is 52.4 Å². The van der Waals surface area contributed by atoms with Gasteiger partial charge >= 0.3 is 0 Å². The van der Waals surface area contributed by atoms with Crippen molar-refractivity contribution in [3.8, 4) is 0 Å². The minimum Gasteiger partial charge on any atom is -0.361 e. The summed E-state index contributed by atoms with van der Waals surface area (Å²) in [5.41, 5.74) is 2.32. The molecule has 9 heteroatoms. The molecule has 0 atom stereocenters. The summed E-state index contributed by atoms with van der Waals surface area (Å²) in [6, 6.07) is 5.88. The van der Waals surface area contributed by atoms with Gasteiger partial charge in [0.2, 0.25) is 0 Å². The molecule has 3 aromatic rings. The van der Waals surface area contributed by atoms with Gasteiger partial charge in [-0.05, 0) is 30.2 Å². The Balaban J connectivity index is 0.00000225. The molecule has 0 aliphatic heterocycles. The smallest absolute Gasteiger partial charge is 0.191 e. The number of aliphatic imine (C=N–C) groups is 1. The molecule has 2 heterocycles. The molecule has 0 aliphatic carbocycles. The third-order valence-corrected chi connectivity index (χ3v) is 4.09. The number of H-pyrrole nitrogens is 1. The Morgan fingerprint density at radius 1 is 1.36 bits per heavy atom. The molecule has 0 unspecified atom stereocenters. The minimum absolute atomic E-state index is 0. The van der Waals surface area contributed by atoms with E-state index in [-0.39, 0.29) is 24.0 Å². The first kappa shape index (κ1) is 19.5. The Bertz CT molecular complexity index is 855. The maximum atomic E-state index is 6.09. The van der Waals surface area contributed by atoms with E-state index in [1.54, 1.807) is 11.7 Å². The molecule has 0 bridgehead atoms. The number of fused-ring (bicyclic) bond motifs is 1. The molecule has 0 fully saturated rings. The highest BCUT2D eigenvalue weighted by Crippen LogP contribution is 2.22. The Kier molecular flexibility index (Phi) is 7.06. The van der Waals surface area contributed by atoms with Crippen LogP contribution in [-0.2, 0) is 20.0 Å². The molecule has 0 saturated heterocycles. The van der Waals surface area contributed by atoms with Gasteiger partial charge in [-0.3, -0.25) is 9.67 Å². The summed E-state index contributed by atoms with van der Waals surface area (Å²) in [6.45, 7) is 1.33. The van der Waals surface area contributed by atoms with Crippen LogP contribution in [0.2, 0.25) is 5.02 Å². The summed E-state index contributed by atoms with van der Waals surface area (Å²) < 4.78 is 1.73. The van der Waals surface area contributed by atoms with E-state index in [0.717, 1.165) is 40.7 Å². The number of nitrogens with one attached hydrogen (secondary N) is 3. The predicted molar refractivity (Wildman–Crippen MR) is 112 cm³/mol. The molecule has 2 aromatic heterocycles. The van der Waals surface area contributed by atoms with Crippen LogP contribution in [0.15, 0.2) is 35.7 Å². The van der Waals surface area contributed by atoms with E-state index in [4.69, 9.17) is 11.6 Å². The highest BCUT2D eigenvalue weighted by molar-refractivity contribution is 14.0. The van der Waals surface area contributed by atoms with Crippen molar-refractivity contribution in [1.82, 2.24) is 30.4 Å². The summed E-state index contributed by atoms with van der Waals surface area (Å²) in [5.74, 6) is 1.58. The first-order valence-electron chi connectivity index (χ1n) is 7.70. The first-order valence-corrected chi connectivity index (χ1v) is 8.08. The van der Waals surface area contributed by atoms with Crippen molar-refractivity contribution in [2.45, 2.75) is 13.0 Å². The standard InChI is InChI=1S/C16H20ClN7.HI/c1-18-16(21-9-15-22-10-23-24(15)2)19-6-5-11-8-20-14-4-3-12(17)7-13(11)14;/h3-4,7-8,10,20H,5-6,9H2,1-2H3,(H2,18,19,21);1H. The van der Waals surface area contributed by atoms with Gasteiger partial charge in [-0.15, -0.1) is 24.0 Å². The van der Waals surface area contributed by atoms with Crippen molar-refractivity contribution in [2.24, 2.45) is 12.0 Å². The number of benzene rings is 1. The van der Waals surface area contributed by atoms with Crippen molar-refractivity contribution < 1.29 is 0 Å². The average Bonchev–Trinajstić information content (AvgIpc) is 3.17. The fourth-order valence-corrected chi connectivity index (χ4v) is 2.71. The molecule has 1 aromatic carbocycles. The van der Waals surface area contributed by atoms with E-state index in [2.05, 4.69) is 30.7 Å². The number of halogens is 2. The predicted octanol–water partition coefficient (Wildman–Crippen LogP) is 2.48. The van der Waals surface area contributed by atoms with Gasteiger partial charge in [0, 0.05) is 42.8 Å². The van der Waals surface area contributed by atoms with E-state index >= 15 is 0 Å². The van der Waals surface area contributed by atoms with Crippen molar-refractivity contribution in [2.75, 3.05) is 13.6 Å². The number of guanidine groups is 1. The molecule has 0 radical (unpaired) electrons. The van der Waals surface area contributed by atoms with Crippen molar-refractivity contribution in [3.05, 3.63) is 47.1 Å². The lowest BCUT2D eigenvalue weighted by Gasteiger charge is -2.11. The van der Waals surface area contributed by atoms with Crippen LogP contribution in [0, 0.1) is 0 Å². The number of rotatable bonds is 5. The van der Waals surface area contributed by atoms with Crippen LogP contribution in [0.1, 0.15) is 11.4 Å². The lowest BCUT2D eigenvalue weighted by molar-refractivity contribution is 0.672. The van der Waals surface area contributed by atoms with Crippen LogP contribution in [0.5, 0.6) is 0 Å². The molecule has 0 saturated carbocycles. The van der Waals surface area contributed by atoms with Crippen LogP contribution in [0.4, 0.5) is 0 Å². The van der Waals surface area contributed by atoms with E-state index in [0.29, 0.717) is 6.54 Å². The van der Waals surface area contributed by atoms with Crippen LogP contribution in [0.3, 0.4) is 0 Å². The summed E-state index contributed by atoms with van der Waals surface area (Å²) in [7, 11) is 3.61. The third-order valence-electron chi connectivity index (χ3n) is 3.86. The fraction of sp³-hybridized carbons (Fsp3) is 0.312. The molecule has 0 amide bonds. The van der Waals surface area contributed by atoms with E-state index in [1.807, 2.05) is 31.4 Å².